The van der Waals surface area contributed by atoms with Crippen molar-refractivity contribution in [2.45, 2.75) is 193 Å². The Bertz CT molecular complexity index is 895. The molecular formula is C40H73O8P. The van der Waals surface area contributed by atoms with Crippen LogP contribution in [0.2, 0.25) is 0 Å². The van der Waals surface area contributed by atoms with E-state index in [0.717, 1.165) is 70.6 Å². The maximum atomic E-state index is 12.4. The number of hydrogen-bond donors (Lipinski definition) is 2. The van der Waals surface area contributed by atoms with Gasteiger partial charge in [-0.3, -0.25) is 14.1 Å². The van der Waals surface area contributed by atoms with Crippen molar-refractivity contribution >= 4 is 19.8 Å². The molecule has 0 saturated heterocycles. The van der Waals surface area contributed by atoms with Gasteiger partial charge in [0.2, 0.25) is 0 Å². The molecule has 0 spiro atoms. The Morgan fingerprint density at radius 1 is 0.551 bits per heavy atom. The zero-order chi connectivity index (χ0) is 36.1. The zero-order valence-electron chi connectivity index (χ0n) is 31.3. The van der Waals surface area contributed by atoms with Crippen molar-refractivity contribution in [2.24, 2.45) is 0 Å². The summed E-state index contributed by atoms with van der Waals surface area (Å²) in [6.07, 6.45) is 41.5. The number of esters is 2. The largest absolute Gasteiger partial charge is 0.469 e. The fourth-order valence-corrected chi connectivity index (χ4v) is 5.87. The summed E-state index contributed by atoms with van der Waals surface area (Å²) in [7, 11) is -4.75. The number of unbranched alkanes of at least 4 members (excludes halogenated alkanes) is 20. The van der Waals surface area contributed by atoms with Gasteiger partial charge in [0.05, 0.1) is 6.61 Å². The quantitative estimate of drug-likeness (QED) is 0.0285. The van der Waals surface area contributed by atoms with Crippen molar-refractivity contribution in [1.29, 1.82) is 0 Å². The summed E-state index contributed by atoms with van der Waals surface area (Å²) in [4.78, 5) is 42.7. The Morgan fingerprint density at radius 2 is 0.980 bits per heavy atom. The molecule has 0 bridgehead atoms. The molecule has 0 saturated carbocycles. The summed E-state index contributed by atoms with van der Waals surface area (Å²) >= 11 is 0. The summed E-state index contributed by atoms with van der Waals surface area (Å²) in [5.74, 6) is -0.900. The third-order valence-corrected chi connectivity index (χ3v) is 8.91. The van der Waals surface area contributed by atoms with E-state index >= 15 is 0 Å². The van der Waals surface area contributed by atoms with Gasteiger partial charge in [0.15, 0.2) is 6.10 Å². The monoisotopic (exact) mass is 713 g/mol. The lowest BCUT2D eigenvalue weighted by molar-refractivity contribution is -0.161. The van der Waals surface area contributed by atoms with E-state index in [1.165, 1.54) is 83.5 Å². The van der Waals surface area contributed by atoms with Crippen molar-refractivity contribution < 1.29 is 37.9 Å². The molecule has 0 aromatic carbocycles. The Labute approximate surface area is 300 Å². The molecule has 0 aliphatic heterocycles. The van der Waals surface area contributed by atoms with E-state index in [2.05, 4.69) is 54.8 Å². The highest BCUT2D eigenvalue weighted by atomic mass is 31.2. The topological polar surface area (TPSA) is 119 Å². The van der Waals surface area contributed by atoms with Crippen LogP contribution < -0.4 is 0 Å². The van der Waals surface area contributed by atoms with Gasteiger partial charge in [0, 0.05) is 12.8 Å². The van der Waals surface area contributed by atoms with E-state index in [1.54, 1.807) is 0 Å². The number of carbonyl (C=O) groups is 2. The minimum absolute atomic E-state index is 0.194. The predicted octanol–water partition coefficient (Wildman–Crippen LogP) is 11.8. The first-order valence-electron chi connectivity index (χ1n) is 19.8. The standard InChI is InChI=1S/C40H73O8P/c1-3-5-7-9-11-13-15-17-19-21-22-24-26-28-30-32-34-39(41)46-36-38(37-47-49(43,44)45)48-40(42)35-33-31-29-27-25-23-20-18-16-14-12-10-8-6-4-2/h6,8,12,14,18,20,38H,3-5,7,9-11,13,15-17,19,21-37H2,1-2H3,(H2,43,44,45)/b8-6+,14-12+,20-18+/t38-/m1/s1. The molecule has 0 aromatic rings. The first-order chi connectivity index (χ1) is 23.8. The van der Waals surface area contributed by atoms with Gasteiger partial charge >= 0.3 is 19.8 Å². The summed E-state index contributed by atoms with van der Waals surface area (Å²) in [6, 6.07) is 0. The molecule has 1 atom stereocenters. The fraction of sp³-hybridized carbons (Fsp3) is 0.800. The van der Waals surface area contributed by atoms with Gasteiger partial charge in [-0.25, -0.2) is 4.57 Å². The average Bonchev–Trinajstić information content (AvgIpc) is 3.07. The van der Waals surface area contributed by atoms with E-state index in [-0.39, 0.29) is 19.4 Å². The molecule has 49 heavy (non-hydrogen) atoms. The van der Waals surface area contributed by atoms with Gasteiger partial charge in [0.1, 0.15) is 6.61 Å². The van der Waals surface area contributed by atoms with Crippen LogP contribution in [-0.4, -0.2) is 41.0 Å². The number of rotatable bonds is 36. The smallest absolute Gasteiger partial charge is 0.462 e. The lowest BCUT2D eigenvalue weighted by Crippen LogP contribution is -2.29. The Balaban J connectivity index is 3.95. The fourth-order valence-electron chi connectivity index (χ4n) is 5.51. The summed E-state index contributed by atoms with van der Waals surface area (Å²) in [5, 5.41) is 0. The van der Waals surface area contributed by atoms with Crippen LogP contribution in [0, 0.1) is 0 Å². The van der Waals surface area contributed by atoms with Gasteiger partial charge in [-0.05, 0) is 44.9 Å². The van der Waals surface area contributed by atoms with Crippen molar-refractivity contribution in [3.63, 3.8) is 0 Å². The van der Waals surface area contributed by atoms with Gasteiger partial charge in [-0.1, -0.05) is 166 Å². The molecule has 9 heteroatoms. The normalized spacial score (nSPS) is 12.8. The lowest BCUT2D eigenvalue weighted by atomic mass is 10.0. The van der Waals surface area contributed by atoms with Gasteiger partial charge < -0.3 is 19.3 Å². The van der Waals surface area contributed by atoms with E-state index in [9.17, 15) is 14.2 Å². The molecule has 8 nitrogen and oxygen atoms in total. The number of ether oxygens (including phenoxy) is 2. The molecule has 0 heterocycles. The second kappa shape index (κ2) is 36.1. The number of phosphoric acid groups is 1. The number of carbonyl (C=O) groups excluding carboxylic acids is 2. The van der Waals surface area contributed by atoms with Crippen LogP contribution >= 0.6 is 7.82 Å². The van der Waals surface area contributed by atoms with E-state index in [4.69, 9.17) is 19.3 Å². The van der Waals surface area contributed by atoms with Crippen molar-refractivity contribution in [3.05, 3.63) is 36.5 Å². The van der Waals surface area contributed by atoms with Crippen molar-refractivity contribution in [1.82, 2.24) is 0 Å². The zero-order valence-corrected chi connectivity index (χ0v) is 32.2. The second-order valence-electron chi connectivity index (χ2n) is 13.2. The lowest BCUT2D eigenvalue weighted by Gasteiger charge is -2.18. The van der Waals surface area contributed by atoms with Crippen LogP contribution in [0.5, 0.6) is 0 Å². The van der Waals surface area contributed by atoms with Gasteiger partial charge in [-0.2, -0.15) is 0 Å². The van der Waals surface area contributed by atoms with Crippen LogP contribution in [0.4, 0.5) is 0 Å². The van der Waals surface area contributed by atoms with Crippen LogP contribution in [0.1, 0.15) is 187 Å². The highest BCUT2D eigenvalue weighted by Crippen LogP contribution is 2.36. The Hall–Kier alpha value is -1.73. The first-order valence-corrected chi connectivity index (χ1v) is 21.3. The maximum Gasteiger partial charge on any atom is 0.469 e. The summed E-state index contributed by atoms with van der Waals surface area (Å²) < 4.78 is 26.3. The number of allylic oxidation sites excluding steroid dienone is 6. The van der Waals surface area contributed by atoms with E-state index < -0.39 is 32.5 Å². The molecule has 0 aliphatic carbocycles. The highest BCUT2D eigenvalue weighted by Gasteiger charge is 2.22. The van der Waals surface area contributed by atoms with Crippen LogP contribution in [0.15, 0.2) is 36.5 Å². The third kappa shape index (κ3) is 38.9. The summed E-state index contributed by atoms with van der Waals surface area (Å²) in [6.45, 7) is 3.56. The molecule has 286 valence electrons. The van der Waals surface area contributed by atoms with Crippen LogP contribution in [0.25, 0.3) is 0 Å². The third-order valence-electron chi connectivity index (χ3n) is 8.42. The molecule has 0 fully saturated rings. The van der Waals surface area contributed by atoms with Crippen LogP contribution in [-0.2, 0) is 28.2 Å². The van der Waals surface area contributed by atoms with Gasteiger partial charge in [-0.15, -0.1) is 0 Å². The Kier molecular flexibility index (Phi) is 34.8. The summed E-state index contributed by atoms with van der Waals surface area (Å²) in [5.41, 5.74) is 0. The Morgan fingerprint density at radius 3 is 1.47 bits per heavy atom. The van der Waals surface area contributed by atoms with Gasteiger partial charge in [0.25, 0.3) is 0 Å². The molecule has 0 aromatic heterocycles. The van der Waals surface area contributed by atoms with Crippen molar-refractivity contribution in [3.8, 4) is 0 Å². The molecular weight excluding hydrogens is 639 g/mol. The second-order valence-corrected chi connectivity index (χ2v) is 14.5. The first kappa shape index (κ1) is 47.3. The molecule has 0 radical (unpaired) electrons. The molecule has 0 amide bonds. The molecule has 0 rings (SSSR count). The molecule has 0 unspecified atom stereocenters. The molecule has 0 aliphatic rings. The molecule has 2 N–H and O–H groups in total. The SMILES string of the molecule is CC/C=C/C/C=C/C/C=C/CCCCCCCC(=O)O[C@H](COC(=O)CCCCCCCCCCCCCCCCCC)COP(=O)(O)O. The minimum atomic E-state index is -4.75. The average molecular weight is 713 g/mol. The van der Waals surface area contributed by atoms with Crippen molar-refractivity contribution in [2.75, 3.05) is 13.2 Å². The van der Waals surface area contributed by atoms with Crippen LogP contribution in [0.3, 0.4) is 0 Å². The maximum absolute atomic E-state index is 12.4. The highest BCUT2D eigenvalue weighted by molar-refractivity contribution is 7.46. The minimum Gasteiger partial charge on any atom is -0.462 e. The predicted molar refractivity (Wildman–Crippen MR) is 202 cm³/mol. The number of phosphoric ester groups is 1. The van der Waals surface area contributed by atoms with E-state index in [1.807, 2.05) is 0 Å². The van der Waals surface area contributed by atoms with E-state index in [0.29, 0.717) is 6.42 Å². The number of hydrogen-bond acceptors (Lipinski definition) is 6.